The Bertz CT molecular complexity index is 777. The molecular weight excluding hydrogens is 362 g/mol. The number of hydrogen-bond donors (Lipinski definition) is 0. The fourth-order valence-electron chi connectivity index (χ4n) is 2.67. The normalized spacial score (nSPS) is 16.7. The van der Waals surface area contributed by atoms with Crippen molar-refractivity contribution in [2.45, 2.75) is 4.90 Å². The third kappa shape index (κ3) is 4.70. The molecule has 2 heterocycles. The van der Waals surface area contributed by atoms with E-state index in [4.69, 9.17) is 16.3 Å². The van der Waals surface area contributed by atoms with E-state index in [1.807, 2.05) is 30.3 Å². The van der Waals surface area contributed by atoms with Crippen molar-refractivity contribution in [1.82, 2.24) is 14.2 Å². The van der Waals surface area contributed by atoms with E-state index in [1.165, 1.54) is 22.6 Å². The topological polar surface area (TPSA) is 62.7 Å². The summed E-state index contributed by atoms with van der Waals surface area (Å²) in [7, 11) is -3.51. The molecule has 1 aliphatic rings. The van der Waals surface area contributed by atoms with Gasteiger partial charge in [0, 0.05) is 38.9 Å². The molecule has 0 amide bonds. The second-order valence-corrected chi connectivity index (χ2v) is 8.05. The Hall–Kier alpha value is -1.67. The van der Waals surface area contributed by atoms with Crippen LogP contribution in [0.3, 0.4) is 0 Å². The first kappa shape index (κ1) is 18.1. The van der Waals surface area contributed by atoms with Gasteiger partial charge in [-0.3, -0.25) is 4.90 Å². The van der Waals surface area contributed by atoms with Crippen LogP contribution in [-0.4, -0.2) is 61.9 Å². The predicted molar refractivity (Wildman–Crippen MR) is 96.4 cm³/mol. The first-order valence-electron chi connectivity index (χ1n) is 8.07. The lowest BCUT2D eigenvalue weighted by atomic mass is 10.3. The van der Waals surface area contributed by atoms with Crippen LogP contribution < -0.4 is 4.74 Å². The van der Waals surface area contributed by atoms with E-state index in [2.05, 4.69) is 9.88 Å². The van der Waals surface area contributed by atoms with Gasteiger partial charge in [-0.15, -0.1) is 0 Å². The first-order chi connectivity index (χ1) is 12.1. The maximum Gasteiger partial charge on any atom is 0.244 e. The summed E-state index contributed by atoms with van der Waals surface area (Å²) >= 11 is 5.72. The van der Waals surface area contributed by atoms with E-state index in [-0.39, 0.29) is 10.0 Å². The van der Waals surface area contributed by atoms with Crippen molar-refractivity contribution in [3.8, 4) is 5.75 Å². The third-order valence-electron chi connectivity index (χ3n) is 4.09. The van der Waals surface area contributed by atoms with Crippen LogP contribution >= 0.6 is 11.6 Å². The molecule has 0 bridgehead atoms. The number of sulfonamides is 1. The molecule has 1 aromatic carbocycles. The summed E-state index contributed by atoms with van der Waals surface area (Å²) in [6, 6.07) is 12.6. The van der Waals surface area contributed by atoms with Crippen LogP contribution in [0.4, 0.5) is 0 Å². The number of halogens is 1. The van der Waals surface area contributed by atoms with E-state index in [9.17, 15) is 8.42 Å². The third-order valence-corrected chi connectivity index (χ3v) is 6.19. The van der Waals surface area contributed by atoms with Gasteiger partial charge in [0.1, 0.15) is 22.4 Å². The minimum atomic E-state index is -3.51. The van der Waals surface area contributed by atoms with Gasteiger partial charge in [-0.25, -0.2) is 13.4 Å². The highest BCUT2D eigenvalue weighted by Gasteiger charge is 2.28. The molecule has 134 valence electrons. The summed E-state index contributed by atoms with van der Waals surface area (Å²) in [6.07, 6.45) is 1.30. The van der Waals surface area contributed by atoms with E-state index in [0.29, 0.717) is 32.8 Å². The van der Waals surface area contributed by atoms with Crippen molar-refractivity contribution in [3.63, 3.8) is 0 Å². The fourth-order valence-corrected chi connectivity index (χ4v) is 4.15. The number of aromatic nitrogens is 1. The summed E-state index contributed by atoms with van der Waals surface area (Å²) in [5.41, 5.74) is 0. The SMILES string of the molecule is O=S(=O)(c1ccc(Cl)nc1)N1CCN(CCOc2ccccc2)CC1. The largest absolute Gasteiger partial charge is 0.492 e. The summed E-state index contributed by atoms with van der Waals surface area (Å²) in [6.45, 7) is 3.62. The molecule has 6 nitrogen and oxygen atoms in total. The lowest BCUT2D eigenvalue weighted by molar-refractivity contribution is 0.159. The molecule has 1 aromatic heterocycles. The Kier molecular flexibility index (Phi) is 5.90. The molecule has 0 radical (unpaired) electrons. The van der Waals surface area contributed by atoms with Crippen molar-refractivity contribution in [2.24, 2.45) is 0 Å². The molecule has 0 saturated carbocycles. The molecule has 0 aliphatic carbocycles. The van der Waals surface area contributed by atoms with Gasteiger partial charge in [-0.05, 0) is 24.3 Å². The Morgan fingerprint density at radius 1 is 1.04 bits per heavy atom. The lowest BCUT2D eigenvalue weighted by Crippen LogP contribution is -2.49. The highest BCUT2D eigenvalue weighted by atomic mass is 35.5. The number of benzene rings is 1. The lowest BCUT2D eigenvalue weighted by Gasteiger charge is -2.33. The molecule has 1 fully saturated rings. The highest BCUT2D eigenvalue weighted by Crippen LogP contribution is 2.18. The van der Waals surface area contributed by atoms with Crippen LogP contribution in [0.2, 0.25) is 5.15 Å². The Morgan fingerprint density at radius 2 is 1.76 bits per heavy atom. The summed E-state index contributed by atoms with van der Waals surface area (Å²) in [4.78, 5) is 6.24. The quantitative estimate of drug-likeness (QED) is 0.717. The zero-order chi connectivity index (χ0) is 17.7. The van der Waals surface area contributed by atoms with Crippen LogP contribution in [-0.2, 0) is 10.0 Å². The zero-order valence-electron chi connectivity index (χ0n) is 13.7. The number of ether oxygens (including phenoxy) is 1. The molecule has 0 atom stereocenters. The highest BCUT2D eigenvalue weighted by molar-refractivity contribution is 7.89. The van der Waals surface area contributed by atoms with Crippen LogP contribution in [0.5, 0.6) is 5.75 Å². The molecule has 1 aliphatic heterocycles. The molecule has 0 spiro atoms. The van der Waals surface area contributed by atoms with Crippen molar-refractivity contribution < 1.29 is 13.2 Å². The minimum absolute atomic E-state index is 0.178. The molecule has 2 aromatic rings. The molecule has 0 unspecified atom stereocenters. The number of piperazine rings is 1. The summed E-state index contributed by atoms with van der Waals surface area (Å²) in [5, 5.41) is 0.280. The summed E-state index contributed by atoms with van der Waals surface area (Å²) < 4.78 is 32.4. The van der Waals surface area contributed by atoms with Gasteiger partial charge in [0.25, 0.3) is 0 Å². The predicted octanol–water partition coefficient (Wildman–Crippen LogP) is 2.12. The van der Waals surface area contributed by atoms with Crippen LogP contribution in [0, 0.1) is 0 Å². The molecule has 3 rings (SSSR count). The molecule has 8 heteroatoms. The Balaban J connectivity index is 1.49. The number of para-hydroxylation sites is 1. The smallest absolute Gasteiger partial charge is 0.244 e. The van der Waals surface area contributed by atoms with Crippen molar-refractivity contribution in [2.75, 3.05) is 39.3 Å². The first-order valence-corrected chi connectivity index (χ1v) is 9.89. The maximum atomic E-state index is 12.6. The van der Waals surface area contributed by atoms with Crippen LogP contribution in [0.1, 0.15) is 0 Å². The van der Waals surface area contributed by atoms with Gasteiger partial charge >= 0.3 is 0 Å². The van der Waals surface area contributed by atoms with E-state index < -0.39 is 10.0 Å². The number of nitrogens with zero attached hydrogens (tertiary/aromatic N) is 3. The van der Waals surface area contributed by atoms with Crippen LogP contribution in [0.25, 0.3) is 0 Å². The number of rotatable bonds is 6. The van der Waals surface area contributed by atoms with Crippen molar-refractivity contribution in [3.05, 3.63) is 53.8 Å². The number of hydrogen-bond acceptors (Lipinski definition) is 5. The maximum absolute atomic E-state index is 12.6. The van der Waals surface area contributed by atoms with Gasteiger partial charge in [0.05, 0.1) is 0 Å². The monoisotopic (exact) mass is 381 g/mol. The standard InChI is InChI=1S/C17H20ClN3O3S/c18-17-7-6-16(14-19-17)25(22,23)21-10-8-20(9-11-21)12-13-24-15-4-2-1-3-5-15/h1-7,14H,8-13H2. The van der Waals surface area contributed by atoms with E-state index >= 15 is 0 Å². The minimum Gasteiger partial charge on any atom is -0.492 e. The average Bonchev–Trinajstić information content (AvgIpc) is 2.63. The molecule has 0 N–H and O–H groups in total. The van der Waals surface area contributed by atoms with Gasteiger partial charge in [0.2, 0.25) is 10.0 Å². The molecular formula is C17H20ClN3O3S. The van der Waals surface area contributed by atoms with Gasteiger partial charge < -0.3 is 4.74 Å². The molecule has 25 heavy (non-hydrogen) atoms. The Labute approximate surface area is 153 Å². The van der Waals surface area contributed by atoms with Crippen molar-refractivity contribution >= 4 is 21.6 Å². The fraction of sp³-hybridized carbons (Fsp3) is 0.353. The summed E-state index contributed by atoms with van der Waals surface area (Å²) in [5.74, 6) is 0.846. The second-order valence-electron chi connectivity index (χ2n) is 5.72. The zero-order valence-corrected chi connectivity index (χ0v) is 15.3. The Morgan fingerprint density at radius 3 is 2.40 bits per heavy atom. The average molecular weight is 382 g/mol. The van der Waals surface area contributed by atoms with Gasteiger partial charge in [-0.2, -0.15) is 4.31 Å². The van der Waals surface area contributed by atoms with E-state index in [0.717, 1.165) is 12.3 Å². The number of pyridine rings is 1. The van der Waals surface area contributed by atoms with Crippen molar-refractivity contribution in [1.29, 1.82) is 0 Å². The van der Waals surface area contributed by atoms with Gasteiger partial charge in [-0.1, -0.05) is 29.8 Å². The van der Waals surface area contributed by atoms with Gasteiger partial charge in [0.15, 0.2) is 0 Å². The van der Waals surface area contributed by atoms with E-state index in [1.54, 1.807) is 0 Å². The molecule has 1 saturated heterocycles. The second kappa shape index (κ2) is 8.14. The van der Waals surface area contributed by atoms with Crippen LogP contribution in [0.15, 0.2) is 53.6 Å².